The number of rotatable bonds is 4. The molecule has 0 unspecified atom stereocenters. The minimum absolute atomic E-state index is 0.0976. The highest BCUT2D eigenvalue weighted by Crippen LogP contribution is 2.58. The van der Waals surface area contributed by atoms with E-state index in [0.717, 1.165) is 6.29 Å². The average Bonchev–Trinajstić information content (AvgIpc) is 2.90. The van der Waals surface area contributed by atoms with E-state index in [-0.39, 0.29) is 29.4 Å². The standard InChI is InChI=1S/C19H24O7/c1-9(7-20)17(23)25-12-6-19(3)13(22)5-4-11(8-21)15(19)16-14(12)10(2)18(24)26-16/h8,11-16,20,22H,1-2,4-7H2,3H3/t11-,12+,13-,14-,15-,16+,19+/m1/s1. The molecule has 2 N–H and O–H groups in total. The fraction of sp³-hybridized carbons (Fsp3) is 0.632. The third-order valence-corrected chi connectivity index (χ3v) is 6.33. The van der Waals surface area contributed by atoms with Gasteiger partial charge in [0, 0.05) is 22.8 Å². The van der Waals surface area contributed by atoms with Crippen LogP contribution in [0.1, 0.15) is 26.2 Å². The van der Waals surface area contributed by atoms with Crippen LogP contribution in [0, 0.1) is 23.2 Å². The molecule has 0 aromatic rings. The predicted molar refractivity (Wildman–Crippen MR) is 89.6 cm³/mol. The molecule has 2 aliphatic carbocycles. The summed E-state index contributed by atoms with van der Waals surface area (Å²) in [7, 11) is 0. The number of hydrogen-bond donors (Lipinski definition) is 2. The van der Waals surface area contributed by atoms with E-state index in [4.69, 9.17) is 14.6 Å². The van der Waals surface area contributed by atoms with Gasteiger partial charge in [0.25, 0.3) is 0 Å². The summed E-state index contributed by atoms with van der Waals surface area (Å²) in [6.07, 6.45) is -0.0449. The second-order valence-electron chi connectivity index (χ2n) is 7.76. The van der Waals surface area contributed by atoms with Crippen LogP contribution >= 0.6 is 0 Å². The van der Waals surface area contributed by atoms with Gasteiger partial charge in [-0.05, 0) is 19.3 Å². The molecule has 26 heavy (non-hydrogen) atoms. The van der Waals surface area contributed by atoms with Crippen LogP contribution in [0.15, 0.2) is 24.3 Å². The molecular weight excluding hydrogens is 340 g/mol. The van der Waals surface area contributed by atoms with Crippen molar-refractivity contribution < 1.29 is 34.1 Å². The lowest BCUT2D eigenvalue weighted by Crippen LogP contribution is -2.60. The maximum Gasteiger partial charge on any atom is 0.336 e. The lowest BCUT2D eigenvalue weighted by Gasteiger charge is -2.55. The van der Waals surface area contributed by atoms with Crippen LogP contribution in [0.25, 0.3) is 0 Å². The molecule has 0 radical (unpaired) electrons. The molecule has 0 bridgehead atoms. The van der Waals surface area contributed by atoms with E-state index in [9.17, 15) is 19.5 Å². The van der Waals surface area contributed by atoms with Gasteiger partial charge in [-0.3, -0.25) is 0 Å². The normalized spacial score (nSPS) is 41.7. The van der Waals surface area contributed by atoms with Crippen LogP contribution in [0.5, 0.6) is 0 Å². The third kappa shape index (κ3) is 2.70. The van der Waals surface area contributed by atoms with Gasteiger partial charge in [-0.2, -0.15) is 0 Å². The Labute approximate surface area is 151 Å². The van der Waals surface area contributed by atoms with Gasteiger partial charge >= 0.3 is 11.9 Å². The Morgan fingerprint density at radius 2 is 2.15 bits per heavy atom. The molecule has 142 valence electrons. The Balaban J connectivity index is 1.99. The topological polar surface area (TPSA) is 110 Å². The Kier molecular flexibility index (Phi) is 4.79. The summed E-state index contributed by atoms with van der Waals surface area (Å²) in [5.74, 6) is -2.63. The number of carbonyl (C=O) groups excluding carboxylic acids is 3. The summed E-state index contributed by atoms with van der Waals surface area (Å²) in [4.78, 5) is 35.9. The number of hydrogen-bond acceptors (Lipinski definition) is 7. The predicted octanol–water partition coefficient (Wildman–Crippen LogP) is 0.540. The first-order valence-corrected chi connectivity index (χ1v) is 8.77. The Morgan fingerprint density at radius 3 is 2.77 bits per heavy atom. The third-order valence-electron chi connectivity index (χ3n) is 6.33. The van der Waals surface area contributed by atoms with Gasteiger partial charge in [0.15, 0.2) is 0 Å². The van der Waals surface area contributed by atoms with Gasteiger partial charge < -0.3 is 24.5 Å². The van der Waals surface area contributed by atoms with E-state index in [1.807, 2.05) is 6.92 Å². The largest absolute Gasteiger partial charge is 0.458 e. The average molecular weight is 364 g/mol. The molecule has 0 aromatic carbocycles. The molecule has 2 saturated carbocycles. The highest BCUT2D eigenvalue weighted by molar-refractivity contribution is 5.92. The fourth-order valence-corrected chi connectivity index (χ4v) is 4.91. The number of fused-ring (bicyclic) bond motifs is 3. The van der Waals surface area contributed by atoms with E-state index in [1.54, 1.807) is 0 Å². The number of ether oxygens (including phenoxy) is 2. The Bertz CT molecular complexity index is 669. The second-order valence-corrected chi connectivity index (χ2v) is 7.76. The smallest absolute Gasteiger partial charge is 0.336 e. The summed E-state index contributed by atoms with van der Waals surface area (Å²) in [6.45, 7) is 8.54. The molecule has 0 spiro atoms. The molecular formula is C19H24O7. The van der Waals surface area contributed by atoms with Gasteiger partial charge in [-0.15, -0.1) is 0 Å². The Morgan fingerprint density at radius 1 is 1.46 bits per heavy atom. The maximum atomic E-state index is 12.1. The zero-order valence-electron chi connectivity index (χ0n) is 14.7. The van der Waals surface area contributed by atoms with Crippen molar-refractivity contribution in [3.05, 3.63) is 24.3 Å². The molecule has 3 aliphatic rings. The molecule has 3 fully saturated rings. The Hall–Kier alpha value is -1.99. The van der Waals surface area contributed by atoms with Crippen molar-refractivity contribution in [3.63, 3.8) is 0 Å². The molecule has 1 heterocycles. The van der Waals surface area contributed by atoms with Crippen molar-refractivity contribution in [2.75, 3.05) is 6.61 Å². The van der Waals surface area contributed by atoms with Crippen LogP contribution < -0.4 is 0 Å². The number of aliphatic hydroxyl groups excluding tert-OH is 2. The fourth-order valence-electron chi connectivity index (χ4n) is 4.91. The quantitative estimate of drug-likeness (QED) is 0.426. The second kappa shape index (κ2) is 6.63. The summed E-state index contributed by atoms with van der Waals surface area (Å²) >= 11 is 0. The molecule has 0 amide bonds. The first-order chi connectivity index (χ1) is 12.2. The molecule has 3 rings (SSSR count). The van der Waals surface area contributed by atoms with Gasteiger partial charge in [0.05, 0.1) is 24.2 Å². The lowest BCUT2D eigenvalue weighted by molar-refractivity contribution is -0.194. The highest BCUT2D eigenvalue weighted by Gasteiger charge is 2.63. The molecule has 7 atom stereocenters. The summed E-state index contributed by atoms with van der Waals surface area (Å²) in [5.41, 5.74) is -0.643. The SMILES string of the molecule is C=C(CO)C(=O)O[C@H]1C[C@]2(C)[C@@H]([C@H]3OC(=O)C(=C)[C@@H]31)[C@@H](C=O)CC[C@H]2O. The molecule has 1 aliphatic heterocycles. The van der Waals surface area contributed by atoms with Gasteiger partial charge in [0.1, 0.15) is 18.5 Å². The first kappa shape index (κ1) is 18.8. The molecule has 1 saturated heterocycles. The number of aliphatic hydroxyl groups is 2. The minimum Gasteiger partial charge on any atom is -0.458 e. The molecule has 7 nitrogen and oxygen atoms in total. The van der Waals surface area contributed by atoms with Gasteiger partial charge in [0.2, 0.25) is 0 Å². The van der Waals surface area contributed by atoms with Gasteiger partial charge in [-0.1, -0.05) is 20.1 Å². The van der Waals surface area contributed by atoms with E-state index >= 15 is 0 Å². The van der Waals surface area contributed by atoms with Crippen LogP contribution in [-0.4, -0.2) is 53.4 Å². The van der Waals surface area contributed by atoms with Crippen LogP contribution in [-0.2, 0) is 23.9 Å². The molecule has 0 aromatic heterocycles. The van der Waals surface area contributed by atoms with Crippen LogP contribution in [0.4, 0.5) is 0 Å². The number of esters is 2. The lowest BCUT2D eigenvalue weighted by atomic mass is 9.51. The van der Waals surface area contributed by atoms with Crippen molar-refractivity contribution in [1.29, 1.82) is 0 Å². The van der Waals surface area contributed by atoms with Crippen molar-refractivity contribution in [2.45, 2.75) is 44.5 Å². The monoisotopic (exact) mass is 364 g/mol. The van der Waals surface area contributed by atoms with Crippen molar-refractivity contribution in [2.24, 2.45) is 23.2 Å². The zero-order chi connectivity index (χ0) is 19.2. The van der Waals surface area contributed by atoms with E-state index in [2.05, 4.69) is 13.2 Å². The van der Waals surface area contributed by atoms with Crippen LogP contribution in [0.3, 0.4) is 0 Å². The maximum absolute atomic E-state index is 12.1. The van der Waals surface area contributed by atoms with E-state index < -0.39 is 48.2 Å². The van der Waals surface area contributed by atoms with Crippen molar-refractivity contribution in [3.8, 4) is 0 Å². The van der Waals surface area contributed by atoms with Crippen molar-refractivity contribution in [1.82, 2.24) is 0 Å². The molecule has 7 heteroatoms. The first-order valence-electron chi connectivity index (χ1n) is 8.77. The van der Waals surface area contributed by atoms with E-state index in [1.165, 1.54) is 0 Å². The van der Waals surface area contributed by atoms with E-state index in [0.29, 0.717) is 12.8 Å². The number of carbonyl (C=O) groups is 3. The number of aldehydes is 1. The minimum atomic E-state index is -0.761. The van der Waals surface area contributed by atoms with Crippen LogP contribution in [0.2, 0.25) is 0 Å². The summed E-state index contributed by atoms with van der Waals surface area (Å²) in [6, 6.07) is 0. The highest BCUT2D eigenvalue weighted by atomic mass is 16.6. The zero-order valence-corrected chi connectivity index (χ0v) is 14.7. The summed E-state index contributed by atoms with van der Waals surface area (Å²) in [5, 5.41) is 19.7. The van der Waals surface area contributed by atoms with Crippen molar-refractivity contribution >= 4 is 18.2 Å². The summed E-state index contributed by atoms with van der Waals surface area (Å²) < 4.78 is 11.0. The van der Waals surface area contributed by atoms with Gasteiger partial charge in [-0.25, -0.2) is 9.59 Å².